The molecule has 0 saturated carbocycles. The summed E-state index contributed by atoms with van der Waals surface area (Å²) in [5, 5.41) is 9.29. The van der Waals surface area contributed by atoms with E-state index >= 15 is 0 Å². The van der Waals surface area contributed by atoms with E-state index in [1.165, 1.54) is 26.5 Å². The summed E-state index contributed by atoms with van der Waals surface area (Å²) in [6.45, 7) is 0. The Kier molecular flexibility index (Phi) is 4.51. The number of nitrogens with zero attached hydrogens (tertiary/aromatic N) is 1. The highest BCUT2D eigenvalue weighted by molar-refractivity contribution is 6.32. The zero-order valence-corrected chi connectivity index (χ0v) is 12.2. The number of ketones is 1. The first-order valence-electron chi connectivity index (χ1n) is 6.01. The van der Waals surface area contributed by atoms with Crippen LogP contribution < -0.4 is 9.47 Å². The van der Waals surface area contributed by atoms with Gasteiger partial charge in [0.15, 0.2) is 17.3 Å². The summed E-state index contributed by atoms with van der Waals surface area (Å²) in [5.41, 5.74) is 0.676. The zero-order valence-electron chi connectivity index (χ0n) is 11.4. The van der Waals surface area contributed by atoms with Crippen molar-refractivity contribution in [2.24, 2.45) is 0 Å². The molecule has 2 aromatic rings. The van der Waals surface area contributed by atoms with Crippen molar-refractivity contribution in [2.45, 2.75) is 5.92 Å². The van der Waals surface area contributed by atoms with E-state index in [-0.39, 0.29) is 10.8 Å². The highest BCUT2D eigenvalue weighted by atomic mass is 35.5. The number of methoxy groups -OCH3 is 2. The minimum atomic E-state index is -1.00. The van der Waals surface area contributed by atoms with Crippen molar-refractivity contribution >= 4 is 17.4 Å². The quantitative estimate of drug-likeness (QED) is 0.791. The molecule has 0 aliphatic rings. The number of hydrogen-bond acceptors (Lipinski definition) is 5. The Morgan fingerprint density at radius 3 is 2.52 bits per heavy atom. The van der Waals surface area contributed by atoms with E-state index in [9.17, 15) is 10.1 Å². The number of benzene rings is 1. The first kappa shape index (κ1) is 14.9. The van der Waals surface area contributed by atoms with Crippen LogP contribution in [0, 0.1) is 11.3 Å². The third kappa shape index (κ3) is 2.86. The highest BCUT2D eigenvalue weighted by Crippen LogP contribution is 2.32. The standard InChI is InChI=1S/C15H12ClNO4/c1-19-12-4-3-9(7-13(12)20-2)11(8-17)14(18)10-5-6-21-15(10)16/h3-7,11H,1-2H3. The molecule has 1 heterocycles. The molecule has 0 spiro atoms. The van der Waals surface area contributed by atoms with Crippen LogP contribution in [0.15, 0.2) is 34.9 Å². The number of carbonyl (C=O) groups excluding carboxylic acids is 1. The molecule has 1 aromatic heterocycles. The lowest BCUT2D eigenvalue weighted by molar-refractivity contribution is 0.0978. The number of ether oxygens (including phenoxy) is 2. The minimum Gasteiger partial charge on any atom is -0.493 e. The van der Waals surface area contributed by atoms with E-state index in [0.29, 0.717) is 17.1 Å². The summed E-state index contributed by atoms with van der Waals surface area (Å²) >= 11 is 5.79. The lowest BCUT2D eigenvalue weighted by atomic mass is 9.93. The van der Waals surface area contributed by atoms with Crippen molar-refractivity contribution in [3.8, 4) is 17.6 Å². The van der Waals surface area contributed by atoms with E-state index in [1.807, 2.05) is 6.07 Å². The van der Waals surface area contributed by atoms with Gasteiger partial charge in [-0.15, -0.1) is 0 Å². The monoisotopic (exact) mass is 305 g/mol. The molecule has 5 nitrogen and oxygen atoms in total. The van der Waals surface area contributed by atoms with Gasteiger partial charge >= 0.3 is 0 Å². The van der Waals surface area contributed by atoms with Gasteiger partial charge in [-0.2, -0.15) is 5.26 Å². The highest BCUT2D eigenvalue weighted by Gasteiger charge is 2.26. The number of hydrogen-bond donors (Lipinski definition) is 0. The lowest BCUT2D eigenvalue weighted by Crippen LogP contribution is -2.11. The van der Waals surface area contributed by atoms with Gasteiger partial charge in [-0.1, -0.05) is 6.07 Å². The van der Waals surface area contributed by atoms with Gasteiger partial charge in [0, 0.05) is 0 Å². The SMILES string of the molecule is COc1ccc(C(C#N)C(=O)c2ccoc2Cl)cc1OC. The number of rotatable bonds is 5. The van der Waals surface area contributed by atoms with Crippen LogP contribution in [0.2, 0.25) is 5.22 Å². The van der Waals surface area contributed by atoms with Crippen LogP contribution in [-0.4, -0.2) is 20.0 Å². The summed E-state index contributed by atoms with van der Waals surface area (Å²) in [7, 11) is 2.99. The van der Waals surface area contributed by atoms with E-state index < -0.39 is 11.7 Å². The van der Waals surface area contributed by atoms with Gasteiger partial charge in [0.1, 0.15) is 5.92 Å². The topological polar surface area (TPSA) is 72.5 Å². The van der Waals surface area contributed by atoms with Crippen LogP contribution in [0.25, 0.3) is 0 Å². The molecule has 0 N–H and O–H groups in total. The Bertz CT molecular complexity index is 702. The number of furan rings is 1. The first-order valence-corrected chi connectivity index (χ1v) is 6.39. The molecule has 1 atom stereocenters. The molecule has 0 radical (unpaired) electrons. The number of halogens is 1. The maximum absolute atomic E-state index is 12.4. The van der Waals surface area contributed by atoms with E-state index in [1.54, 1.807) is 18.2 Å². The normalized spacial score (nSPS) is 11.5. The second kappa shape index (κ2) is 6.33. The third-order valence-corrected chi connectivity index (χ3v) is 3.31. The Labute approximate surface area is 126 Å². The van der Waals surface area contributed by atoms with Crippen LogP contribution in [0.4, 0.5) is 0 Å². The van der Waals surface area contributed by atoms with Gasteiger partial charge < -0.3 is 13.9 Å². The molecule has 0 aliphatic heterocycles. The molecule has 0 fully saturated rings. The Morgan fingerprint density at radius 2 is 2.00 bits per heavy atom. The predicted molar refractivity (Wildman–Crippen MR) is 75.9 cm³/mol. The molecule has 0 bridgehead atoms. The molecule has 21 heavy (non-hydrogen) atoms. The van der Waals surface area contributed by atoms with E-state index in [2.05, 4.69) is 0 Å². The zero-order chi connectivity index (χ0) is 15.4. The molecule has 1 aromatic carbocycles. The van der Waals surface area contributed by atoms with Crippen LogP contribution in [0.1, 0.15) is 21.8 Å². The van der Waals surface area contributed by atoms with Gasteiger partial charge in [0.05, 0.1) is 32.1 Å². The van der Waals surface area contributed by atoms with Crippen molar-refractivity contribution in [1.82, 2.24) is 0 Å². The Balaban J connectivity index is 2.41. The van der Waals surface area contributed by atoms with Crippen molar-refractivity contribution in [2.75, 3.05) is 14.2 Å². The average Bonchev–Trinajstić information content (AvgIpc) is 2.93. The smallest absolute Gasteiger partial charge is 0.203 e. The molecule has 0 aliphatic carbocycles. The van der Waals surface area contributed by atoms with Gasteiger partial charge in [0.2, 0.25) is 5.22 Å². The average molecular weight is 306 g/mol. The maximum Gasteiger partial charge on any atom is 0.203 e. The largest absolute Gasteiger partial charge is 0.493 e. The molecular formula is C15H12ClNO4. The number of nitriles is 1. The van der Waals surface area contributed by atoms with Gasteiger partial charge in [-0.3, -0.25) is 4.79 Å². The van der Waals surface area contributed by atoms with Gasteiger partial charge in [0.25, 0.3) is 0 Å². The first-order chi connectivity index (χ1) is 10.1. The summed E-state index contributed by atoms with van der Waals surface area (Å²) in [4.78, 5) is 12.4. The molecular weight excluding hydrogens is 294 g/mol. The second-order valence-corrected chi connectivity index (χ2v) is 4.49. The van der Waals surface area contributed by atoms with Crippen LogP contribution in [0.5, 0.6) is 11.5 Å². The fourth-order valence-corrected chi connectivity index (χ4v) is 2.15. The summed E-state index contributed by atoms with van der Waals surface area (Å²) in [6.07, 6.45) is 1.30. The fourth-order valence-electron chi connectivity index (χ4n) is 1.94. The Hall–Kier alpha value is -2.45. The molecule has 1 unspecified atom stereocenters. The minimum absolute atomic E-state index is 0.0271. The molecule has 6 heteroatoms. The molecule has 108 valence electrons. The van der Waals surface area contributed by atoms with Crippen LogP contribution >= 0.6 is 11.6 Å². The second-order valence-electron chi connectivity index (χ2n) is 4.15. The van der Waals surface area contributed by atoms with Gasteiger partial charge in [-0.05, 0) is 35.4 Å². The van der Waals surface area contributed by atoms with Crippen molar-refractivity contribution in [3.05, 3.63) is 46.9 Å². The van der Waals surface area contributed by atoms with E-state index in [4.69, 9.17) is 25.5 Å². The van der Waals surface area contributed by atoms with Crippen LogP contribution in [-0.2, 0) is 0 Å². The summed E-state index contributed by atoms with van der Waals surface area (Å²) < 4.78 is 15.2. The Morgan fingerprint density at radius 1 is 1.29 bits per heavy atom. The fraction of sp³-hybridized carbons (Fsp3) is 0.200. The summed E-state index contributed by atoms with van der Waals surface area (Å²) in [5.74, 6) is -0.462. The van der Waals surface area contributed by atoms with Crippen molar-refractivity contribution < 1.29 is 18.7 Å². The van der Waals surface area contributed by atoms with Crippen LogP contribution in [0.3, 0.4) is 0 Å². The van der Waals surface area contributed by atoms with Crippen molar-refractivity contribution in [1.29, 1.82) is 5.26 Å². The number of Topliss-reactive ketones (excluding diaryl/α,β-unsaturated/α-hetero) is 1. The maximum atomic E-state index is 12.4. The summed E-state index contributed by atoms with van der Waals surface area (Å²) in [6, 6.07) is 8.29. The molecule has 0 amide bonds. The third-order valence-electron chi connectivity index (χ3n) is 3.02. The lowest BCUT2D eigenvalue weighted by Gasteiger charge is -2.12. The number of carbonyl (C=O) groups is 1. The molecule has 0 saturated heterocycles. The van der Waals surface area contributed by atoms with E-state index in [0.717, 1.165) is 0 Å². The van der Waals surface area contributed by atoms with Crippen molar-refractivity contribution in [3.63, 3.8) is 0 Å². The van der Waals surface area contributed by atoms with Gasteiger partial charge in [-0.25, -0.2) is 0 Å². The predicted octanol–water partition coefficient (Wildman–Crippen LogP) is 3.44. The molecule has 2 rings (SSSR count).